The van der Waals surface area contributed by atoms with E-state index >= 15 is 0 Å². The maximum atomic E-state index is 5.81. The molecule has 0 saturated heterocycles. The van der Waals surface area contributed by atoms with Gasteiger partial charge < -0.3 is 0 Å². The Morgan fingerprint density at radius 2 is 1.87 bits per heavy atom. The first kappa shape index (κ1) is 12.3. The van der Waals surface area contributed by atoms with E-state index in [0.717, 1.165) is 17.9 Å². The molecule has 0 aliphatic rings. The van der Waals surface area contributed by atoms with Gasteiger partial charge in [0.1, 0.15) is 0 Å². The fourth-order valence-corrected chi connectivity index (χ4v) is 1.77. The number of allylic oxidation sites excluding steroid dienone is 2. The van der Waals surface area contributed by atoms with Crippen LogP contribution in [0.5, 0.6) is 0 Å². The lowest BCUT2D eigenvalue weighted by molar-refractivity contribution is 0.484. The quantitative estimate of drug-likeness (QED) is 0.681. The van der Waals surface area contributed by atoms with Gasteiger partial charge in [-0.2, -0.15) is 0 Å². The Morgan fingerprint density at radius 1 is 1.27 bits per heavy atom. The van der Waals surface area contributed by atoms with E-state index in [9.17, 15) is 0 Å². The van der Waals surface area contributed by atoms with Crippen LogP contribution in [0.25, 0.3) is 0 Å². The monoisotopic (exact) mass is 222 g/mol. The van der Waals surface area contributed by atoms with Gasteiger partial charge in [-0.15, -0.1) is 0 Å². The Bertz CT molecular complexity index is 318. The van der Waals surface area contributed by atoms with Crippen molar-refractivity contribution in [1.82, 2.24) is 0 Å². The van der Waals surface area contributed by atoms with Crippen LogP contribution in [-0.4, -0.2) is 0 Å². The van der Waals surface area contributed by atoms with Gasteiger partial charge in [-0.25, -0.2) is 0 Å². The summed E-state index contributed by atoms with van der Waals surface area (Å²) in [5.74, 6) is 0. The van der Waals surface area contributed by atoms with Crippen LogP contribution < -0.4 is 0 Å². The van der Waals surface area contributed by atoms with Crippen LogP contribution in [0.3, 0.4) is 0 Å². The topological polar surface area (TPSA) is 0 Å². The fraction of sp³-hybridized carbons (Fsp3) is 0.429. The molecule has 0 radical (unpaired) electrons. The number of benzene rings is 1. The van der Waals surface area contributed by atoms with Gasteiger partial charge in [0, 0.05) is 5.03 Å². The molecule has 0 unspecified atom stereocenters. The molecule has 0 N–H and O–H groups in total. The summed E-state index contributed by atoms with van der Waals surface area (Å²) in [6.45, 7) is 6.48. The van der Waals surface area contributed by atoms with Gasteiger partial charge in [0.15, 0.2) is 0 Å². The first-order valence-electron chi connectivity index (χ1n) is 5.40. The molecule has 1 aromatic rings. The Morgan fingerprint density at radius 3 is 2.40 bits per heavy atom. The van der Waals surface area contributed by atoms with E-state index in [1.165, 1.54) is 5.56 Å². The molecule has 0 aliphatic carbocycles. The van der Waals surface area contributed by atoms with E-state index in [1.54, 1.807) is 0 Å². The van der Waals surface area contributed by atoms with Gasteiger partial charge in [-0.1, -0.05) is 61.9 Å². The average molecular weight is 223 g/mol. The molecule has 0 spiro atoms. The van der Waals surface area contributed by atoms with Crippen molar-refractivity contribution in [3.05, 3.63) is 47.0 Å². The summed E-state index contributed by atoms with van der Waals surface area (Å²) >= 11 is 5.81. The summed E-state index contributed by atoms with van der Waals surface area (Å²) in [5, 5.41) is 0.888. The van der Waals surface area contributed by atoms with Crippen LogP contribution in [0.4, 0.5) is 0 Å². The molecule has 0 atom stereocenters. The Balaban J connectivity index is 2.64. The molecule has 15 heavy (non-hydrogen) atoms. The second kappa shape index (κ2) is 5.37. The third-order valence-electron chi connectivity index (χ3n) is 2.75. The summed E-state index contributed by atoms with van der Waals surface area (Å²) < 4.78 is 0. The summed E-state index contributed by atoms with van der Waals surface area (Å²) in [4.78, 5) is 0. The number of hydrogen-bond acceptors (Lipinski definition) is 0. The maximum Gasteiger partial charge on any atom is 0.0110 e. The maximum absolute atomic E-state index is 5.81. The highest BCUT2D eigenvalue weighted by Gasteiger charge is 2.18. The van der Waals surface area contributed by atoms with Crippen molar-refractivity contribution in [3.63, 3.8) is 0 Å². The minimum Gasteiger partial charge on any atom is -0.0898 e. The SMILES string of the molecule is CC(Cl)=CCCC(C)(C)c1ccccc1. The second-order valence-electron chi connectivity index (χ2n) is 4.58. The Labute approximate surface area is 98.0 Å². The van der Waals surface area contributed by atoms with E-state index in [4.69, 9.17) is 11.6 Å². The molecule has 0 heterocycles. The van der Waals surface area contributed by atoms with Crippen LogP contribution in [0.1, 0.15) is 39.2 Å². The third-order valence-corrected chi connectivity index (χ3v) is 2.90. The number of hydrogen-bond donors (Lipinski definition) is 0. The van der Waals surface area contributed by atoms with E-state index < -0.39 is 0 Å². The van der Waals surface area contributed by atoms with Gasteiger partial charge in [0.25, 0.3) is 0 Å². The van der Waals surface area contributed by atoms with Crippen molar-refractivity contribution in [2.45, 2.75) is 39.0 Å². The highest BCUT2D eigenvalue weighted by Crippen LogP contribution is 2.28. The lowest BCUT2D eigenvalue weighted by atomic mass is 9.80. The Hall–Kier alpha value is -0.750. The van der Waals surface area contributed by atoms with Crippen molar-refractivity contribution in [2.24, 2.45) is 0 Å². The highest BCUT2D eigenvalue weighted by molar-refractivity contribution is 6.29. The van der Waals surface area contributed by atoms with Crippen molar-refractivity contribution < 1.29 is 0 Å². The predicted molar refractivity (Wildman–Crippen MR) is 68.3 cm³/mol. The van der Waals surface area contributed by atoms with E-state index in [-0.39, 0.29) is 5.41 Å². The second-order valence-corrected chi connectivity index (χ2v) is 5.18. The smallest absolute Gasteiger partial charge is 0.0110 e. The molecule has 1 aromatic carbocycles. The molecule has 1 heteroatoms. The van der Waals surface area contributed by atoms with Crippen LogP contribution in [0, 0.1) is 0 Å². The summed E-state index contributed by atoms with van der Waals surface area (Å²) in [7, 11) is 0. The van der Waals surface area contributed by atoms with Gasteiger partial charge in [0.05, 0.1) is 0 Å². The molecule has 0 aliphatic heterocycles. The van der Waals surface area contributed by atoms with E-state index in [2.05, 4.69) is 50.3 Å². The van der Waals surface area contributed by atoms with Crippen LogP contribution in [0.15, 0.2) is 41.4 Å². The zero-order valence-electron chi connectivity index (χ0n) is 9.76. The molecular formula is C14H19Cl. The molecule has 0 fully saturated rings. The summed E-state index contributed by atoms with van der Waals surface area (Å²) in [6, 6.07) is 10.6. The van der Waals surface area contributed by atoms with Crippen LogP contribution in [0.2, 0.25) is 0 Å². The normalized spacial score (nSPS) is 12.9. The molecule has 0 nitrogen and oxygen atoms in total. The fourth-order valence-electron chi connectivity index (χ4n) is 1.67. The van der Waals surface area contributed by atoms with Crippen molar-refractivity contribution in [1.29, 1.82) is 0 Å². The van der Waals surface area contributed by atoms with Crippen molar-refractivity contribution >= 4 is 11.6 Å². The lowest BCUT2D eigenvalue weighted by Crippen LogP contribution is -2.16. The largest absolute Gasteiger partial charge is 0.0898 e. The molecule has 82 valence electrons. The minimum atomic E-state index is 0.226. The summed E-state index contributed by atoms with van der Waals surface area (Å²) in [5.41, 5.74) is 1.62. The van der Waals surface area contributed by atoms with Crippen molar-refractivity contribution in [3.8, 4) is 0 Å². The van der Waals surface area contributed by atoms with Gasteiger partial charge in [-0.05, 0) is 30.7 Å². The molecular weight excluding hydrogens is 204 g/mol. The standard InChI is InChI=1S/C14H19Cl/c1-12(15)8-7-11-14(2,3)13-9-5-4-6-10-13/h4-6,8-10H,7,11H2,1-3H3. The van der Waals surface area contributed by atoms with Gasteiger partial charge in [0.2, 0.25) is 0 Å². The molecule has 0 aromatic heterocycles. The third kappa shape index (κ3) is 4.09. The molecule has 1 rings (SSSR count). The first-order chi connectivity index (χ1) is 7.02. The van der Waals surface area contributed by atoms with Crippen LogP contribution >= 0.6 is 11.6 Å². The van der Waals surface area contributed by atoms with Gasteiger partial charge >= 0.3 is 0 Å². The Kier molecular flexibility index (Phi) is 4.41. The predicted octanol–water partition coefficient (Wildman–Crippen LogP) is 4.89. The van der Waals surface area contributed by atoms with Crippen molar-refractivity contribution in [2.75, 3.05) is 0 Å². The zero-order chi connectivity index (χ0) is 11.3. The average Bonchev–Trinajstić information content (AvgIpc) is 2.18. The lowest BCUT2D eigenvalue weighted by Gasteiger charge is -2.24. The van der Waals surface area contributed by atoms with E-state index in [1.807, 2.05) is 6.92 Å². The van der Waals surface area contributed by atoms with Gasteiger partial charge in [-0.3, -0.25) is 0 Å². The molecule has 0 amide bonds. The summed E-state index contributed by atoms with van der Waals surface area (Å²) in [6.07, 6.45) is 4.25. The zero-order valence-corrected chi connectivity index (χ0v) is 10.5. The molecule has 0 bridgehead atoms. The number of halogens is 1. The molecule has 0 saturated carbocycles. The van der Waals surface area contributed by atoms with Crippen LogP contribution in [-0.2, 0) is 5.41 Å². The highest BCUT2D eigenvalue weighted by atomic mass is 35.5. The van der Waals surface area contributed by atoms with E-state index in [0.29, 0.717) is 0 Å². The number of rotatable bonds is 4. The first-order valence-corrected chi connectivity index (χ1v) is 5.78. The minimum absolute atomic E-state index is 0.226.